The number of hydrogen-bond acceptors (Lipinski definition) is 2. The molecule has 0 aromatic carbocycles. The second-order valence-corrected chi connectivity index (χ2v) is 9.77. The van der Waals surface area contributed by atoms with E-state index in [0.29, 0.717) is 0 Å². The average Bonchev–Trinajstić information content (AvgIpc) is 2.47. The van der Waals surface area contributed by atoms with Gasteiger partial charge in [-0.15, -0.1) is 0 Å². The first-order valence-corrected chi connectivity index (χ1v) is 10.5. The minimum atomic E-state index is -1.93. The van der Waals surface area contributed by atoms with Gasteiger partial charge in [0.25, 0.3) is 0 Å². The minimum absolute atomic E-state index is 0.836. The summed E-state index contributed by atoms with van der Waals surface area (Å²) in [5, 5.41) is 0. The lowest BCUT2D eigenvalue weighted by atomic mass is 9.79. The van der Waals surface area contributed by atoms with Crippen LogP contribution in [0.15, 0.2) is 0 Å². The van der Waals surface area contributed by atoms with Crippen molar-refractivity contribution in [2.24, 2.45) is 11.8 Å². The first kappa shape index (κ1) is 17.2. The van der Waals surface area contributed by atoms with Crippen LogP contribution >= 0.6 is 0 Å². The van der Waals surface area contributed by atoms with E-state index in [1.807, 2.05) is 14.2 Å². The maximum Gasteiger partial charge on any atom is 0.337 e. The zero-order valence-electron chi connectivity index (χ0n) is 13.5. The summed E-state index contributed by atoms with van der Waals surface area (Å²) in [5.41, 5.74) is 0. The molecule has 0 aromatic rings. The van der Waals surface area contributed by atoms with E-state index < -0.39 is 8.56 Å². The summed E-state index contributed by atoms with van der Waals surface area (Å²) in [7, 11) is 1.81. The Hall–Kier alpha value is 0.137. The Morgan fingerprint density at radius 1 is 1.00 bits per heavy atom. The number of hydrogen-bond donors (Lipinski definition) is 0. The van der Waals surface area contributed by atoms with Gasteiger partial charge < -0.3 is 8.85 Å². The molecule has 1 fully saturated rings. The van der Waals surface area contributed by atoms with E-state index in [0.717, 1.165) is 17.9 Å². The highest BCUT2D eigenvalue weighted by molar-refractivity contribution is 6.67. The van der Waals surface area contributed by atoms with Crippen molar-refractivity contribution in [1.82, 2.24) is 0 Å². The minimum Gasteiger partial charge on any atom is -0.398 e. The zero-order chi connectivity index (χ0) is 14.1. The number of rotatable bonds is 9. The summed E-state index contributed by atoms with van der Waals surface area (Å²) >= 11 is 0. The second-order valence-electron chi connectivity index (χ2n) is 6.22. The molecule has 1 aliphatic rings. The van der Waals surface area contributed by atoms with E-state index in [1.165, 1.54) is 57.4 Å². The van der Waals surface area contributed by atoms with Gasteiger partial charge >= 0.3 is 8.56 Å². The van der Waals surface area contributed by atoms with Crippen LogP contribution in [0.3, 0.4) is 0 Å². The molecule has 0 aromatic heterocycles. The molecule has 0 N–H and O–H groups in total. The largest absolute Gasteiger partial charge is 0.398 e. The van der Waals surface area contributed by atoms with Gasteiger partial charge in [-0.1, -0.05) is 65.2 Å². The summed E-state index contributed by atoms with van der Waals surface area (Å²) in [6.45, 7) is 4.56. The Labute approximate surface area is 121 Å². The maximum absolute atomic E-state index is 5.91. The summed E-state index contributed by atoms with van der Waals surface area (Å²) in [6.07, 6.45) is 11.0. The van der Waals surface area contributed by atoms with Crippen molar-refractivity contribution in [3.8, 4) is 0 Å². The molecule has 19 heavy (non-hydrogen) atoms. The molecule has 1 saturated carbocycles. The monoisotopic (exact) mass is 286 g/mol. The van der Waals surface area contributed by atoms with Crippen molar-refractivity contribution in [2.45, 2.75) is 77.3 Å². The van der Waals surface area contributed by atoms with Crippen LogP contribution in [0.4, 0.5) is 0 Å². The van der Waals surface area contributed by atoms with Crippen molar-refractivity contribution in [3.63, 3.8) is 0 Å². The average molecular weight is 287 g/mol. The first-order chi connectivity index (χ1) is 9.21. The van der Waals surface area contributed by atoms with Gasteiger partial charge in [0.15, 0.2) is 0 Å². The predicted molar refractivity (Wildman–Crippen MR) is 84.7 cm³/mol. The molecule has 1 rings (SSSR count). The lowest BCUT2D eigenvalue weighted by Crippen LogP contribution is -2.43. The highest BCUT2D eigenvalue weighted by Crippen LogP contribution is 2.38. The molecular weight excluding hydrogens is 252 g/mol. The molecule has 0 radical (unpaired) electrons. The third kappa shape index (κ3) is 5.20. The zero-order valence-corrected chi connectivity index (χ0v) is 14.5. The van der Waals surface area contributed by atoms with Crippen LogP contribution in [0.25, 0.3) is 0 Å². The van der Waals surface area contributed by atoms with Crippen LogP contribution < -0.4 is 0 Å². The molecule has 1 unspecified atom stereocenters. The molecule has 1 atom stereocenters. The topological polar surface area (TPSA) is 18.5 Å². The van der Waals surface area contributed by atoms with E-state index >= 15 is 0 Å². The molecule has 114 valence electrons. The SMILES string of the molecule is CCCC(C[Si](CCC)(OC)OC)C1CCCCC1. The van der Waals surface area contributed by atoms with Gasteiger partial charge in [-0.2, -0.15) is 0 Å². The van der Waals surface area contributed by atoms with Crippen molar-refractivity contribution in [3.05, 3.63) is 0 Å². The maximum atomic E-state index is 5.91. The van der Waals surface area contributed by atoms with Crippen LogP contribution in [-0.4, -0.2) is 22.8 Å². The molecule has 2 nitrogen and oxygen atoms in total. The van der Waals surface area contributed by atoms with Gasteiger partial charge in [-0.3, -0.25) is 0 Å². The Bertz CT molecular complexity index is 223. The molecule has 0 saturated heterocycles. The Balaban J connectivity index is 2.67. The van der Waals surface area contributed by atoms with Crippen LogP contribution in [0.5, 0.6) is 0 Å². The van der Waals surface area contributed by atoms with E-state index in [-0.39, 0.29) is 0 Å². The summed E-state index contributed by atoms with van der Waals surface area (Å²) in [6, 6.07) is 2.36. The molecule has 1 aliphatic carbocycles. The smallest absolute Gasteiger partial charge is 0.337 e. The van der Waals surface area contributed by atoms with Crippen LogP contribution in [0, 0.1) is 11.8 Å². The molecule has 0 aliphatic heterocycles. The molecular formula is C16H34O2Si. The normalized spacial score (nSPS) is 19.6. The summed E-state index contributed by atoms with van der Waals surface area (Å²) < 4.78 is 11.8. The van der Waals surface area contributed by atoms with Crippen molar-refractivity contribution in [2.75, 3.05) is 14.2 Å². The standard InChI is InChI=1S/C16H34O2Si/c1-5-10-16(15-11-8-7-9-12-15)14-19(17-3,18-4)13-6-2/h15-16H,5-14H2,1-4H3. The van der Waals surface area contributed by atoms with Gasteiger partial charge in [0, 0.05) is 14.2 Å². The molecule has 0 bridgehead atoms. The van der Waals surface area contributed by atoms with Crippen molar-refractivity contribution in [1.29, 1.82) is 0 Å². The third-order valence-electron chi connectivity index (χ3n) is 4.92. The van der Waals surface area contributed by atoms with Crippen LogP contribution in [0.1, 0.15) is 65.2 Å². The van der Waals surface area contributed by atoms with Gasteiger partial charge in [0.2, 0.25) is 0 Å². The lowest BCUT2D eigenvalue weighted by Gasteiger charge is -2.36. The Morgan fingerprint density at radius 2 is 1.63 bits per heavy atom. The van der Waals surface area contributed by atoms with Crippen molar-refractivity contribution >= 4 is 8.56 Å². The van der Waals surface area contributed by atoms with Crippen LogP contribution in [-0.2, 0) is 8.85 Å². The van der Waals surface area contributed by atoms with E-state index in [4.69, 9.17) is 8.85 Å². The second kappa shape index (κ2) is 9.14. The van der Waals surface area contributed by atoms with Gasteiger partial charge in [-0.25, -0.2) is 0 Å². The van der Waals surface area contributed by atoms with Gasteiger partial charge in [0.05, 0.1) is 0 Å². The fourth-order valence-corrected chi connectivity index (χ4v) is 7.03. The predicted octanol–water partition coefficient (Wildman–Crippen LogP) is 5.13. The highest BCUT2D eigenvalue weighted by atomic mass is 28.4. The third-order valence-corrected chi connectivity index (χ3v) is 8.82. The molecule has 3 heteroatoms. The highest BCUT2D eigenvalue weighted by Gasteiger charge is 2.39. The fraction of sp³-hybridized carbons (Fsp3) is 1.00. The summed E-state index contributed by atoms with van der Waals surface area (Å²) in [4.78, 5) is 0. The van der Waals surface area contributed by atoms with Gasteiger partial charge in [-0.05, 0) is 23.9 Å². The molecule has 0 heterocycles. The van der Waals surface area contributed by atoms with Crippen molar-refractivity contribution < 1.29 is 8.85 Å². The quantitative estimate of drug-likeness (QED) is 0.547. The fourth-order valence-electron chi connectivity index (χ4n) is 3.82. The van der Waals surface area contributed by atoms with E-state index in [9.17, 15) is 0 Å². The lowest BCUT2D eigenvalue weighted by molar-refractivity contribution is 0.199. The van der Waals surface area contributed by atoms with E-state index in [1.54, 1.807) is 0 Å². The molecule has 0 amide bonds. The van der Waals surface area contributed by atoms with Crippen LogP contribution in [0.2, 0.25) is 12.1 Å². The first-order valence-electron chi connectivity index (χ1n) is 8.31. The van der Waals surface area contributed by atoms with Gasteiger partial charge in [0.1, 0.15) is 0 Å². The van der Waals surface area contributed by atoms with E-state index in [2.05, 4.69) is 13.8 Å². The Kier molecular flexibility index (Phi) is 8.27. The molecule has 0 spiro atoms. The summed E-state index contributed by atoms with van der Waals surface area (Å²) in [5.74, 6) is 1.77. The Morgan fingerprint density at radius 3 is 2.11 bits per heavy atom.